The Kier molecular flexibility index (Phi) is 13.2. The molecule has 0 aliphatic heterocycles. The van der Waals surface area contributed by atoms with E-state index >= 15 is 0 Å². The summed E-state index contributed by atoms with van der Waals surface area (Å²) < 4.78 is 21.8. The number of benzene rings is 1. The Balaban J connectivity index is 1.84. The number of carbonyl (C=O) groups excluding carboxylic acids is 1. The minimum absolute atomic E-state index is 0.117. The van der Waals surface area contributed by atoms with Gasteiger partial charge < -0.3 is 35.7 Å². The topological polar surface area (TPSA) is 118 Å². The molecule has 1 atom stereocenters. The number of nitrogens with one attached hydrogen (secondary N) is 1. The second kappa shape index (κ2) is 15.2. The van der Waals surface area contributed by atoms with Crippen LogP contribution < -0.4 is 21.5 Å². The van der Waals surface area contributed by atoms with E-state index in [1.54, 1.807) is 0 Å². The van der Waals surface area contributed by atoms with E-state index in [1.807, 2.05) is 38.1 Å². The summed E-state index contributed by atoms with van der Waals surface area (Å²) >= 11 is 0. The highest BCUT2D eigenvalue weighted by Crippen LogP contribution is 2.11. The smallest absolute Gasteiger partial charge is 0.237 e. The third-order valence-corrected chi connectivity index (χ3v) is 3.97. The molecule has 0 aromatic heterocycles. The summed E-state index contributed by atoms with van der Waals surface area (Å²) in [7, 11) is 0. The van der Waals surface area contributed by atoms with Crippen molar-refractivity contribution in [1.29, 1.82) is 0 Å². The average molecular weight is 398 g/mol. The van der Waals surface area contributed by atoms with Crippen LogP contribution in [0.15, 0.2) is 24.3 Å². The van der Waals surface area contributed by atoms with Gasteiger partial charge in [0.25, 0.3) is 0 Å². The maximum Gasteiger partial charge on any atom is 0.237 e. The molecule has 0 aliphatic rings. The Labute approximate surface area is 167 Å². The summed E-state index contributed by atoms with van der Waals surface area (Å²) in [5, 5.41) is 2.74. The van der Waals surface area contributed by atoms with Crippen LogP contribution in [0.2, 0.25) is 0 Å². The molecule has 5 N–H and O–H groups in total. The van der Waals surface area contributed by atoms with Crippen LogP contribution in [0.1, 0.15) is 19.4 Å². The molecular weight excluding hydrogens is 362 g/mol. The largest absolute Gasteiger partial charge is 0.491 e. The monoisotopic (exact) mass is 397 g/mol. The van der Waals surface area contributed by atoms with Gasteiger partial charge in [-0.05, 0) is 23.6 Å². The van der Waals surface area contributed by atoms with Crippen LogP contribution in [0.3, 0.4) is 0 Å². The van der Waals surface area contributed by atoms with Gasteiger partial charge in [0.1, 0.15) is 12.4 Å². The molecule has 0 unspecified atom stereocenters. The number of hydrogen-bond donors (Lipinski definition) is 3. The fraction of sp³-hybridized carbons (Fsp3) is 0.650. The molecule has 1 amide bonds. The van der Waals surface area contributed by atoms with Crippen molar-refractivity contribution in [2.24, 2.45) is 17.4 Å². The van der Waals surface area contributed by atoms with Gasteiger partial charge in [-0.3, -0.25) is 4.79 Å². The van der Waals surface area contributed by atoms with Crippen molar-refractivity contribution >= 4 is 5.91 Å². The number of nitrogens with two attached hydrogens (primary N) is 2. The van der Waals surface area contributed by atoms with Crippen molar-refractivity contribution in [2.45, 2.75) is 26.4 Å². The van der Waals surface area contributed by atoms with Crippen LogP contribution in [-0.2, 0) is 25.5 Å². The molecular formula is C20H35N3O5. The molecule has 0 fully saturated rings. The second-order valence-corrected chi connectivity index (χ2v) is 6.59. The number of amides is 1. The quantitative estimate of drug-likeness (QED) is 0.351. The number of rotatable bonds is 16. The molecule has 1 aromatic rings. The van der Waals surface area contributed by atoms with Gasteiger partial charge in [0.2, 0.25) is 5.91 Å². The molecule has 1 rings (SSSR count). The minimum Gasteiger partial charge on any atom is -0.491 e. The zero-order valence-corrected chi connectivity index (χ0v) is 17.0. The second-order valence-electron chi connectivity index (χ2n) is 6.59. The zero-order chi connectivity index (χ0) is 20.6. The summed E-state index contributed by atoms with van der Waals surface area (Å²) in [6.45, 7) is 8.14. The van der Waals surface area contributed by atoms with Crippen LogP contribution in [0.5, 0.6) is 5.75 Å². The first-order valence-corrected chi connectivity index (χ1v) is 9.73. The number of hydrogen-bond acceptors (Lipinski definition) is 7. The Bertz CT molecular complexity index is 525. The zero-order valence-electron chi connectivity index (χ0n) is 17.0. The lowest BCUT2D eigenvalue weighted by molar-refractivity contribution is -0.123. The fourth-order valence-corrected chi connectivity index (χ4v) is 2.15. The summed E-state index contributed by atoms with van der Waals surface area (Å²) in [5.41, 5.74) is 12.4. The number of ether oxygens (including phenoxy) is 4. The van der Waals surface area contributed by atoms with Gasteiger partial charge >= 0.3 is 0 Å². The standard InChI is InChI=1S/C20H35N3O5/c1-16(2)19(22)20(24)23-7-8-25-9-10-26-11-12-27-13-14-28-18-5-3-17(15-21)4-6-18/h3-6,16,19H,7-15,21-22H2,1-2H3,(H,23,24)/t19-/m0/s1. The van der Waals surface area contributed by atoms with Crippen molar-refractivity contribution in [1.82, 2.24) is 5.32 Å². The molecule has 0 saturated carbocycles. The molecule has 1 aromatic carbocycles. The van der Waals surface area contributed by atoms with Crippen molar-refractivity contribution < 1.29 is 23.7 Å². The van der Waals surface area contributed by atoms with Crippen LogP contribution >= 0.6 is 0 Å². The first kappa shape index (κ1) is 24.3. The summed E-state index contributed by atoms with van der Waals surface area (Å²) in [5.74, 6) is 0.770. The first-order valence-electron chi connectivity index (χ1n) is 9.73. The third-order valence-electron chi connectivity index (χ3n) is 3.97. The van der Waals surface area contributed by atoms with Gasteiger partial charge in [-0.25, -0.2) is 0 Å². The predicted molar refractivity (Wildman–Crippen MR) is 108 cm³/mol. The van der Waals surface area contributed by atoms with Gasteiger partial charge in [-0.15, -0.1) is 0 Å². The van der Waals surface area contributed by atoms with Crippen LogP contribution in [0.4, 0.5) is 0 Å². The first-order chi connectivity index (χ1) is 13.5. The maximum atomic E-state index is 11.6. The van der Waals surface area contributed by atoms with Crippen molar-refractivity contribution in [3.05, 3.63) is 29.8 Å². The normalized spacial score (nSPS) is 12.2. The lowest BCUT2D eigenvalue weighted by Crippen LogP contribution is -2.44. The van der Waals surface area contributed by atoms with Gasteiger partial charge in [-0.1, -0.05) is 26.0 Å². The van der Waals surface area contributed by atoms with Crippen LogP contribution in [0.25, 0.3) is 0 Å². The summed E-state index contributed by atoms with van der Waals surface area (Å²) in [6.07, 6.45) is 0. The van der Waals surface area contributed by atoms with E-state index in [9.17, 15) is 4.79 Å². The van der Waals surface area contributed by atoms with Crippen molar-refractivity contribution in [2.75, 3.05) is 52.8 Å². The Hall–Kier alpha value is -1.71. The van der Waals surface area contributed by atoms with E-state index in [1.165, 1.54) is 0 Å². The van der Waals surface area contributed by atoms with Gasteiger partial charge in [-0.2, -0.15) is 0 Å². The summed E-state index contributed by atoms with van der Waals surface area (Å²) in [4.78, 5) is 11.6. The Morgan fingerprint density at radius 1 is 0.929 bits per heavy atom. The SMILES string of the molecule is CC(C)[C@H](N)C(=O)NCCOCCOCCOCCOc1ccc(CN)cc1. The highest BCUT2D eigenvalue weighted by Gasteiger charge is 2.15. The molecule has 0 heterocycles. The molecule has 160 valence electrons. The van der Waals surface area contributed by atoms with Crippen LogP contribution in [0, 0.1) is 5.92 Å². The maximum absolute atomic E-state index is 11.6. The van der Waals surface area contributed by atoms with Crippen molar-refractivity contribution in [3.8, 4) is 5.75 Å². The molecule has 0 aliphatic carbocycles. The van der Waals surface area contributed by atoms with Crippen LogP contribution in [-0.4, -0.2) is 64.7 Å². The van der Waals surface area contributed by atoms with E-state index in [0.29, 0.717) is 59.3 Å². The average Bonchev–Trinajstić information content (AvgIpc) is 2.71. The molecule has 0 bridgehead atoms. The Morgan fingerprint density at radius 2 is 1.46 bits per heavy atom. The molecule has 28 heavy (non-hydrogen) atoms. The van der Waals surface area contributed by atoms with E-state index in [-0.39, 0.29) is 11.8 Å². The van der Waals surface area contributed by atoms with Gasteiger partial charge in [0, 0.05) is 13.1 Å². The van der Waals surface area contributed by atoms with Crippen molar-refractivity contribution in [3.63, 3.8) is 0 Å². The van der Waals surface area contributed by atoms with E-state index in [2.05, 4.69) is 5.32 Å². The highest BCUT2D eigenvalue weighted by molar-refractivity contribution is 5.81. The van der Waals surface area contributed by atoms with Gasteiger partial charge in [0.05, 0.1) is 45.7 Å². The molecule has 0 spiro atoms. The van der Waals surface area contributed by atoms with E-state index in [0.717, 1.165) is 11.3 Å². The summed E-state index contributed by atoms with van der Waals surface area (Å²) in [6, 6.07) is 7.21. The lowest BCUT2D eigenvalue weighted by Gasteiger charge is -2.15. The number of carbonyl (C=O) groups is 1. The third kappa shape index (κ3) is 11.2. The van der Waals surface area contributed by atoms with E-state index < -0.39 is 6.04 Å². The van der Waals surface area contributed by atoms with Gasteiger partial charge in [0.15, 0.2) is 0 Å². The minimum atomic E-state index is -0.481. The molecule has 0 saturated heterocycles. The highest BCUT2D eigenvalue weighted by atomic mass is 16.6. The predicted octanol–water partition coefficient (Wildman–Crippen LogP) is 0.673. The fourth-order valence-electron chi connectivity index (χ4n) is 2.15. The molecule has 8 heteroatoms. The molecule has 0 radical (unpaired) electrons. The molecule has 8 nitrogen and oxygen atoms in total. The Morgan fingerprint density at radius 3 is 2.00 bits per heavy atom. The van der Waals surface area contributed by atoms with E-state index in [4.69, 9.17) is 30.4 Å². The lowest BCUT2D eigenvalue weighted by atomic mass is 10.1.